The molecule has 0 spiro atoms. The molecule has 0 bridgehead atoms. The lowest BCUT2D eigenvalue weighted by Gasteiger charge is -2.18. The molecule has 0 saturated carbocycles. The fourth-order valence-electron chi connectivity index (χ4n) is 3.21. The number of fused-ring (bicyclic) bond motifs is 1. The van der Waals surface area contributed by atoms with Crippen LogP contribution in [0.4, 0.5) is 10.1 Å². The van der Waals surface area contributed by atoms with E-state index in [4.69, 9.17) is 25.5 Å². The number of hydrogen-bond donors (Lipinski definition) is 1. The zero-order chi connectivity index (χ0) is 20.5. The topological polar surface area (TPSA) is 69.4 Å². The molecule has 4 aromatic rings. The molecule has 2 heterocycles. The van der Waals surface area contributed by atoms with Crippen molar-refractivity contribution in [1.82, 2.24) is 10.2 Å². The Kier molecular flexibility index (Phi) is 4.72. The quantitative estimate of drug-likeness (QED) is 0.459. The van der Waals surface area contributed by atoms with Crippen molar-refractivity contribution in [2.24, 2.45) is 0 Å². The van der Waals surface area contributed by atoms with Crippen LogP contribution in [0, 0.1) is 5.82 Å². The minimum Gasteiger partial charge on any atom is -0.454 e. The molecule has 1 N–H and O–H groups in total. The lowest BCUT2D eigenvalue weighted by Crippen LogP contribution is -2.13. The van der Waals surface area contributed by atoms with Gasteiger partial charge in [0.2, 0.25) is 18.6 Å². The summed E-state index contributed by atoms with van der Waals surface area (Å²) >= 11 is 6.34. The summed E-state index contributed by atoms with van der Waals surface area (Å²) in [6.45, 7) is 0.177. The molecule has 0 amide bonds. The Morgan fingerprint density at radius 1 is 0.933 bits per heavy atom. The second-order valence-electron chi connectivity index (χ2n) is 6.62. The van der Waals surface area contributed by atoms with Gasteiger partial charge in [-0.15, -0.1) is 10.2 Å². The number of nitrogens with zero attached hydrogens (tertiary/aromatic N) is 2. The van der Waals surface area contributed by atoms with Crippen LogP contribution in [0.5, 0.6) is 11.5 Å². The largest absolute Gasteiger partial charge is 0.454 e. The molecule has 1 aliphatic heterocycles. The Hall–Kier alpha value is -3.58. The van der Waals surface area contributed by atoms with Gasteiger partial charge in [-0.1, -0.05) is 35.9 Å². The van der Waals surface area contributed by atoms with Crippen LogP contribution in [0.15, 0.2) is 71.1 Å². The molecule has 30 heavy (non-hydrogen) atoms. The highest BCUT2D eigenvalue weighted by molar-refractivity contribution is 6.31. The van der Waals surface area contributed by atoms with Crippen LogP contribution in [0.3, 0.4) is 0 Å². The zero-order valence-corrected chi connectivity index (χ0v) is 16.3. The summed E-state index contributed by atoms with van der Waals surface area (Å²) in [5.74, 6) is 1.53. The number of rotatable bonds is 5. The van der Waals surface area contributed by atoms with E-state index in [2.05, 4.69) is 15.5 Å². The van der Waals surface area contributed by atoms with Gasteiger partial charge in [0.1, 0.15) is 11.9 Å². The number of hydrogen-bond acceptors (Lipinski definition) is 6. The van der Waals surface area contributed by atoms with Gasteiger partial charge in [0.25, 0.3) is 0 Å². The van der Waals surface area contributed by atoms with Gasteiger partial charge in [0, 0.05) is 27.9 Å². The lowest BCUT2D eigenvalue weighted by atomic mass is 10.1. The predicted molar refractivity (Wildman–Crippen MR) is 109 cm³/mol. The lowest BCUT2D eigenvalue weighted by molar-refractivity contribution is 0.174. The fraction of sp³-hybridized carbons (Fsp3) is 0.0909. The zero-order valence-electron chi connectivity index (χ0n) is 15.5. The van der Waals surface area contributed by atoms with Crippen molar-refractivity contribution in [3.63, 3.8) is 0 Å². The van der Waals surface area contributed by atoms with Crippen LogP contribution in [-0.4, -0.2) is 17.0 Å². The van der Waals surface area contributed by atoms with E-state index in [0.717, 1.165) is 11.3 Å². The summed E-state index contributed by atoms with van der Waals surface area (Å²) in [5.41, 5.74) is 2.12. The SMILES string of the molecule is Fc1ccc([C@H](Nc2ccc3c(c2)OCO3)c2nnc(-c3ccccc3)o2)c(Cl)c1. The highest BCUT2D eigenvalue weighted by atomic mass is 35.5. The van der Waals surface area contributed by atoms with E-state index in [1.807, 2.05) is 36.4 Å². The molecule has 150 valence electrons. The average molecular weight is 424 g/mol. The fourth-order valence-corrected chi connectivity index (χ4v) is 3.49. The molecule has 0 radical (unpaired) electrons. The molecule has 5 rings (SSSR count). The van der Waals surface area contributed by atoms with Crippen molar-refractivity contribution < 1.29 is 18.3 Å². The van der Waals surface area contributed by atoms with E-state index in [-0.39, 0.29) is 11.8 Å². The third kappa shape index (κ3) is 3.55. The van der Waals surface area contributed by atoms with Crippen LogP contribution in [0.1, 0.15) is 17.5 Å². The van der Waals surface area contributed by atoms with Gasteiger partial charge in [-0.05, 0) is 36.4 Å². The van der Waals surface area contributed by atoms with Gasteiger partial charge in [-0.3, -0.25) is 0 Å². The molecule has 0 aliphatic carbocycles. The van der Waals surface area contributed by atoms with E-state index < -0.39 is 11.9 Å². The summed E-state index contributed by atoms with van der Waals surface area (Å²) in [6, 6.07) is 18.5. The normalized spacial score (nSPS) is 13.3. The van der Waals surface area contributed by atoms with Crippen molar-refractivity contribution in [2.45, 2.75) is 6.04 Å². The third-order valence-corrected chi connectivity index (χ3v) is 4.99. The first kappa shape index (κ1) is 18.4. The average Bonchev–Trinajstić information content (AvgIpc) is 3.42. The summed E-state index contributed by atoms with van der Waals surface area (Å²) in [4.78, 5) is 0. The first-order valence-electron chi connectivity index (χ1n) is 9.17. The molecule has 8 heteroatoms. The van der Waals surface area contributed by atoms with Crippen molar-refractivity contribution in [2.75, 3.05) is 12.1 Å². The minimum atomic E-state index is -0.608. The van der Waals surface area contributed by atoms with Crippen LogP contribution >= 0.6 is 11.6 Å². The van der Waals surface area contributed by atoms with E-state index in [0.29, 0.717) is 28.8 Å². The van der Waals surface area contributed by atoms with Crippen LogP contribution in [0.25, 0.3) is 11.5 Å². The highest BCUT2D eigenvalue weighted by Crippen LogP contribution is 2.37. The maximum absolute atomic E-state index is 13.6. The number of ether oxygens (including phenoxy) is 2. The minimum absolute atomic E-state index is 0.177. The van der Waals surface area contributed by atoms with E-state index in [9.17, 15) is 4.39 Å². The summed E-state index contributed by atoms with van der Waals surface area (Å²) < 4.78 is 30.4. The molecule has 6 nitrogen and oxygen atoms in total. The van der Waals surface area contributed by atoms with Gasteiger partial charge in [0.05, 0.1) is 0 Å². The van der Waals surface area contributed by atoms with E-state index in [1.54, 1.807) is 18.2 Å². The van der Waals surface area contributed by atoms with E-state index >= 15 is 0 Å². The summed E-state index contributed by atoms with van der Waals surface area (Å²) in [6.07, 6.45) is 0. The Bertz CT molecular complexity index is 1200. The smallest absolute Gasteiger partial charge is 0.247 e. The summed E-state index contributed by atoms with van der Waals surface area (Å²) in [5, 5.41) is 11.9. The first-order chi connectivity index (χ1) is 14.7. The standard InChI is InChI=1S/C22H15ClFN3O3/c23-17-10-14(24)6-8-16(17)20(25-15-7-9-18-19(11-15)29-12-28-18)22-27-26-21(30-22)13-4-2-1-3-5-13/h1-11,20,25H,12H2/t20-/m0/s1. The van der Waals surface area contributed by atoms with Gasteiger partial charge < -0.3 is 19.2 Å². The maximum Gasteiger partial charge on any atom is 0.247 e. The third-order valence-electron chi connectivity index (χ3n) is 4.67. The van der Waals surface area contributed by atoms with E-state index in [1.165, 1.54) is 12.1 Å². The molecule has 0 unspecified atom stereocenters. The molecule has 1 atom stereocenters. The number of halogens is 2. The Morgan fingerprint density at radius 2 is 1.77 bits per heavy atom. The van der Waals surface area contributed by atoms with Crippen LogP contribution in [0.2, 0.25) is 5.02 Å². The molecule has 1 aromatic heterocycles. The van der Waals surface area contributed by atoms with Crippen LogP contribution in [-0.2, 0) is 0 Å². The number of nitrogens with one attached hydrogen (secondary N) is 1. The number of anilines is 1. The summed E-state index contributed by atoms with van der Waals surface area (Å²) in [7, 11) is 0. The van der Waals surface area contributed by atoms with Gasteiger partial charge in [0.15, 0.2) is 11.5 Å². The van der Waals surface area contributed by atoms with Crippen molar-refractivity contribution in [1.29, 1.82) is 0 Å². The van der Waals surface area contributed by atoms with Crippen molar-refractivity contribution >= 4 is 17.3 Å². The number of aromatic nitrogens is 2. The monoisotopic (exact) mass is 423 g/mol. The highest BCUT2D eigenvalue weighted by Gasteiger charge is 2.25. The maximum atomic E-state index is 13.6. The van der Waals surface area contributed by atoms with Crippen molar-refractivity contribution in [3.05, 3.63) is 89.0 Å². The molecule has 0 saturated heterocycles. The Labute approximate surface area is 176 Å². The molecular formula is C22H15ClFN3O3. The Morgan fingerprint density at radius 3 is 2.60 bits per heavy atom. The second kappa shape index (κ2) is 7.68. The van der Waals surface area contributed by atoms with Gasteiger partial charge in [-0.25, -0.2) is 4.39 Å². The molecule has 1 aliphatic rings. The second-order valence-corrected chi connectivity index (χ2v) is 7.03. The molecular weight excluding hydrogens is 409 g/mol. The van der Waals surface area contributed by atoms with Gasteiger partial charge in [-0.2, -0.15) is 0 Å². The van der Waals surface area contributed by atoms with Crippen molar-refractivity contribution in [3.8, 4) is 23.0 Å². The van der Waals surface area contributed by atoms with Gasteiger partial charge >= 0.3 is 0 Å². The molecule has 0 fully saturated rings. The molecule has 3 aromatic carbocycles. The van der Waals surface area contributed by atoms with Crippen LogP contribution < -0.4 is 14.8 Å². The first-order valence-corrected chi connectivity index (χ1v) is 9.55. The number of benzene rings is 3. The Balaban J connectivity index is 1.54. The predicted octanol–water partition coefficient (Wildman–Crippen LogP) is 5.46.